The molecule has 1 aliphatic heterocycles. The number of thiazole rings is 1. The van der Waals surface area contributed by atoms with Crippen LogP contribution in [0.4, 0.5) is 4.39 Å². The van der Waals surface area contributed by atoms with Crippen molar-refractivity contribution < 1.29 is 12.8 Å². The van der Waals surface area contributed by atoms with Gasteiger partial charge in [-0.05, 0) is 30.2 Å². The molecule has 5 nitrogen and oxygen atoms in total. The van der Waals surface area contributed by atoms with Gasteiger partial charge in [0.1, 0.15) is 10.8 Å². The third-order valence-electron chi connectivity index (χ3n) is 4.28. The van der Waals surface area contributed by atoms with Crippen molar-refractivity contribution in [3.8, 4) is 0 Å². The summed E-state index contributed by atoms with van der Waals surface area (Å²) < 4.78 is 39.7. The Balaban J connectivity index is 1.60. The lowest BCUT2D eigenvalue weighted by atomic mass is 10.2. The lowest BCUT2D eigenvalue weighted by Gasteiger charge is -2.33. The summed E-state index contributed by atoms with van der Waals surface area (Å²) in [5, 5.41) is 1.07. The summed E-state index contributed by atoms with van der Waals surface area (Å²) in [5.74, 6) is 0.0388. The van der Waals surface area contributed by atoms with Crippen LogP contribution < -0.4 is 0 Å². The van der Waals surface area contributed by atoms with Crippen molar-refractivity contribution in [2.75, 3.05) is 26.2 Å². The first kappa shape index (κ1) is 18.4. The minimum Gasteiger partial charge on any atom is -0.294 e. The SMILES string of the molecule is CC(C)c1cnc(CN2CCN(S(=O)(=O)c3ccc(F)cc3)CC2)s1. The van der Waals surface area contributed by atoms with E-state index in [1.165, 1.54) is 33.4 Å². The Bertz CT molecular complexity index is 811. The Hall–Kier alpha value is -1.35. The summed E-state index contributed by atoms with van der Waals surface area (Å²) in [6.45, 7) is 7.24. The third kappa shape index (κ3) is 4.25. The van der Waals surface area contributed by atoms with Gasteiger partial charge in [0.15, 0.2) is 0 Å². The second kappa shape index (κ2) is 7.49. The van der Waals surface area contributed by atoms with Gasteiger partial charge >= 0.3 is 0 Å². The van der Waals surface area contributed by atoms with E-state index in [2.05, 4.69) is 23.7 Å². The van der Waals surface area contributed by atoms with Crippen LogP contribution in [0.15, 0.2) is 35.4 Å². The van der Waals surface area contributed by atoms with Crippen LogP contribution >= 0.6 is 11.3 Å². The van der Waals surface area contributed by atoms with E-state index >= 15 is 0 Å². The number of nitrogens with zero attached hydrogens (tertiary/aromatic N) is 3. The van der Waals surface area contributed by atoms with Crippen LogP contribution in [0.25, 0.3) is 0 Å². The fourth-order valence-electron chi connectivity index (χ4n) is 2.74. The highest BCUT2D eigenvalue weighted by Crippen LogP contribution is 2.24. The Labute approximate surface area is 152 Å². The second-order valence-corrected chi connectivity index (χ2v) is 9.53. The molecular weight excluding hydrogens is 361 g/mol. The van der Waals surface area contributed by atoms with Crippen molar-refractivity contribution in [1.29, 1.82) is 0 Å². The molecule has 0 saturated carbocycles. The molecule has 1 aromatic carbocycles. The molecule has 136 valence electrons. The summed E-state index contributed by atoms with van der Waals surface area (Å²) in [5.41, 5.74) is 0. The molecule has 0 radical (unpaired) electrons. The molecule has 0 amide bonds. The van der Waals surface area contributed by atoms with Crippen molar-refractivity contribution >= 4 is 21.4 Å². The zero-order chi connectivity index (χ0) is 18.0. The fraction of sp³-hybridized carbons (Fsp3) is 0.471. The minimum atomic E-state index is -3.56. The first-order valence-electron chi connectivity index (χ1n) is 8.29. The summed E-state index contributed by atoms with van der Waals surface area (Å²) in [6.07, 6.45) is 1.93. The molecule has 3 rings (SSSR count). The molecule has 1 aromatic heterocycles. The molecule has 0 aliphatic carbocycles. The monoisotopic (exact) mass is 383 g/mol. The summed E-state index contributed by atoms with van der Waals surface area (Å²) in [6, 6.07) is 5.00. The molecule has 2 heterocycles. The molecular formula is C17H22FN3O2S2. The van der Waals surface area contributed by atoms with Gasteiger partial charge in [0, 0.05) is 37.3 Å². The van der Waals surface area contributed by atoms with E-state index in [9.17, 15) is 12.8 Å². The number of benzene rings is 1. The van der Waals surface area contributed by atoms with E-state index in [4.69, 9.17) is 0 Å². The van der Waals surface area contributed by atoms with Gasteiger partial charge in [-0.1, -0.05) is 13.8 Å². The number of hydrogen-bond acceptors (Lipinski definition) is 5. The quantitative estimate of drug-likeness (QED) is 0.797. The van der Waals surface area contributed by atoms with Crippen LogP contribution in [0.3, 0.4) is 0 Å². The van der Waals surface area contributed by atoms with E-state index < -0.39 is 15.8 Å². The van der Waals surface area contributed by atoms with Crippen molar-refractivity contribution in [3.05, 3.63) is 46.2 Å². The Morgan fingerprint density at radius 2 is 1.80 bits per heavy atom. The number of aromatic nitrogens is 1. The average molecular weight is 384 g/mol. The molecule has 0 N–H and O–H groups in total. The van der Waals surface area contributed by atoms with Gasteiger partial charge in [0.05, 0.1) is 11.4 Å². The van der Waals surface area contributed by atoms with E-state index in [0.717, 1.165) is 11.6 Å². The van der Waals surface area contributed by atoms with Gasteiger partial charge in [-0.15, -0.1) is 11.3 Å². The molecule has 2 aromatic rings. The minimum absolute atomic E-state index is 0.142. The zero-order valence-corrected chi connectivity index (χ0v) is 16.0. The second-order valence-electron chi connectivity index (χ2n) is 6.45. The number of piperazine rings is 1. The first-order valence-corrected chi connectivity index (χ1v) is 10.5. The highest BCUT2D eigenvalue weighted by Gasteiger charge is 2.28. The lowest BCUT2D eigenvalue weighted by molar-refractivity contribution is 0.181. The maximum atomic E-state index is 13.0. The lowest BCUT2D eigenvalue weighted by Crippen LogP contribution is -2.48. The highest BCUT2D eigenvalue weighted by molar-refractivity contribution is 7.89. The van der Waals surface area contributed by atoms with Crippen LogP contribution in [0.1, 0.15) is 29.7 Å². The largest absolute Gasteiger partial charge is 0.294 e. The van der Waals surface area contributed by atoms with Gasteiger partial charge in [0.25, 0.3) is 0 Å². The maximum absolute atomic E-state index is 13.0. The van der Waals surface area contributed by atoms with Crippen molar-refractivity contribution in [2.24, 2.45) is 0 Å². The molecule has 1 fully saturated rings. The van der Waals surface area contributed by atoms with E-state index in [-0.39, 0.29) is 4.90 Å². The van der Waals surface area contributed by atoms with Crippen LogP contribution in [0.2, 0.25) is 0 Å². The molecule has 1 saturated heterocycles. The van der Waals surface area contributed by atoms with Crippen molar-refractivity contribution in [1.82, 2.24) is 14.2 Å². The highest BCUT2D eigenvalue weighted by atomic mass is 32.2. The van der Waals surface area contributed by atoms with Gasteiger partial charge in [-0.3, -0.25) is 4.90 Å². The van der Waals surface area contributed by atoms with Gasteiger partial charge in [-0.2, -0.15) is 4.31 Å². The molecule has 25 heavy (non-hydrogen) atoms. The van der Waals surface area contributed by atoms with Gasteiger partial charge < -0.3 is 0 Å². The van der Waals surface area contributed by atoms with E-state index in [0.29, 0.717) is 32.1 Å². The van der Waals surface area contributed by atoms with E-state index in [1.54, 1.807) is 11.3 Å². The van der Waals surface area contributed by atoms with E-state index in [1.807, 2.05) is 6.20 Å². The summed E-state index contributed by atoms with van der Waals surface area (Å²) in [7, 11) is -3.56. The van der Waals surface area contributed by atoms with Crippen molar-refractivity contribution in [2.45, 2.75) is 31.2 Å². The molecule has 0 spiro atoms. The number of hydrogen-bond donors (Lipinski definition) is 0. The Morgan fingerprint density at radius 3 is 2.36 bits per heavy atom. The predicted molar refractivity (Wildman–Crippen MR) is 96.6 cm³/mol. The number of rotatable bonds is 5. The first-order chi connectivity index (χ1) is 11.9. The molecule has 0 unspecified atom stereocenters. The number of sulfonamides is 1. The summed E-state index contributed by atoms with van der Waals surface area (Å²) >= 11 is 1.72. The van der Waals surface area contributed by atoms with Gasteiger partial charge in [0.2, 0.25) is 10.0 Å². The average Bonchev–Trinajstić information content (AvgIpc) is 3.04. The standard InChI is InChI=1S/C17H22FN3O2S2/c1-13(2)16-11-19-17(24-16)12-20-7-9-21(10-8-20)25(22,23)15-5-3-14(18)4-6-15/h3-6,11,13H,7-10,12H2,1-2H3. The number of halogens is 1. The molecule has 0 bridgehead atoms. The Morgan fingerprint density at radius 1 is 1.16 bits per heavy atom. The zero-order valence-electron chi connectivity index (χ0n) is 14.4. The van der Waals surface area contributed by atoms with Crippen LogP contribution in [-0.4, -0.2) is 48.8 Å². The summed E-state index contributed by atoms with van der Waals surface area (Å²) in [4.78, 5) is 8.10. The maximum Gasteiger partial charge on any atom is 0.243 e. The predicted octanol–water partition coefficient (Wildman–Crippen LogP) is 2.91. The van der Waals surface area contributed by atoms with Crippen LogP contribution in [-0.2, 0) is 16.6 Å². The van der Waals surface area contributed by atoms with Crippen LogP contribution in [0.5, 0.6) is 0 Å². The normalized spacial score (nSPS) is 17.3. The molecule has 1 aliphatic rings. The smallest absolute Gasteiger partial charge is 0.243 e. The van der Waals surface area contributed by atoms with Gasteiger partial charge in [-0.25, -0.2) is 17.8 Å². The molecule has 0 atom stereocenters. The fourth-order valence-corrected chi connectivity index (χ4v) is 5.13. The topological polar surface area (TPSA) is 53.5 Å². The third-order valence-corrected chi connectivity index (χ3v) is 7.48. The van der Waals surface area contributed by atoms with Crippen molar-refractivity contribution in [3.63, 3.8) is 0 Å². The van der Waals surface area contributed by atoms with Crippen LogP contribution in [0, 0.1) is 5.82 Å². The Kier molecular flexibility index (Phi) is 5.52. The molecule has 8 heteroatoms.